The molecule has 2 N–H and O–H groups in total. The monoisotopic (exact) mass is 334 g/mol. The Bertz CT molecular complexity index is 582. The van der Waals surface area contributed by atoms with Gasteiger partial charge in [0.05, 0.1) is 18.3 Å². The largest absolute Gasteiger partial charge is 0.393 e. The zero-order valence-electron chi connectivity index (χ0n) is 15.3. The maximum atomic E-state index is 12.5. The summed E-state index contributed by atoms with van der Waals surface area (Å²) in [6.45, 7) is 7.13. The molecule has 1 saturated heterocycles. The molecule has 0 bridgehead atoms. The number of epoxide rings is 1. The Morgan fingerprint density at radius 1 is 1.38 bits per heavy atom. The van der Waals surface area contributed by atoms with E-state index in [1.54, 1.807) is 13.0 Å². The lowest BCUT2D eigenvalue weighted by atomic mass is 9.89. The fourth-order valence-electron chi connectivity index (χ4n) is 3.09. The van der Waals surface area contributed by atoms with Gasteiger partial charge < -0.3 is 14.9 Å². The highest BCUT2D eigenvalue weighted by Crippen LogP contribution is 2.43. The van der Waals surface area contributed by atoms with Crippen LogP contribution in [0.5, 0.6) is 0 Å². The maximum Gasteiger partial charge on any atom is 0.162 e. The van der Waals surface area contributed by atoms with Crippen molar-refractivity contribution < 1.29 is 19.7 Å². The van der Waals surface area contributed by atoms with Gasteiger partial charge in [-0.15, -0.1) is 0 Å². The number of hydrogen-bond acceptors (Lipinski definition) is 4. The van der Waals surface area contributed by atoms with Crippen LogP contribution in [0.25, 0.3) is 0 Å². The number of allylic oxidation sites excluding steroid dienone is 5. The molecule has 24 heavy (non-hydrogen) atoms. The van der Waals surface area contributed by atoms with E-state index in [1.807, 2.05) is 26.0 Å². The van der Waals surface area contributed by atoms with E-state index in [0.717, 1.165) is 25.7 Å². The van der Waals surface area contributed by atoms with Gasteiger partial charge in [-0.25, -0.2) is 0 Å². The summed E-state index contributed by atoms with van der Waals surface area (Å²) in [5, 5.41) is 19.8. The number of ether oxygens (including phenoxy) is 1. The van der Waals surface area contributed by atoms with Gasteiger partial charge >= 0.3 is 0 Å². The summed E-state index contributed by atoms with van der Waals surface area (Å²) >= 11 is 0. The topological polar surface area (TPSA) is 70.1 Å². The molecular weight excluding hydrogens is 304 g/mol. The van der Waals surface area contributed by atoms with Gasteiger partial charge in [-0.05, 0) is 64.5 Å². The maximum absolute atomic E-state index is 12.5. The highest BCUT2D eigenvalue weighted by molar-refractivity contribution is 5.96. The smallest absolute Gasteiger partial charge is 0.162 e. The van der Waals surface area contributed by atoms with Gasteiger partial charge in [0.15, 0.2) is 5.78 Å². The van der Waals surface area contributed by atoms with Crippen molar-refractivity contribution in [2.45, 2.75) is 77.1 Å². The van der Waals surface area contributed by atoms with Crippen molar-refractivity contribution in [1.82, 2.24) is 0 Å². The van der Waals surface area contributed by atoms with Crippen LogP contribution in [0.15, 0.2) is 34.9 Å². The predicted octanol–water partition coefficient (Wildman–Crippen LogP) is 3.24. The first-order valence-corrected chi connectivity index (χ1v) is 8.76. The highest BCUT2D eigenvalue weighted by atomic mass is 16.6. The summed E-state index contributed by atoms with van der Waals surface area (Å²) in [5.74, 6) is -0.0171. The number of rotatable bonds is 2. The third-order valence-corrected chi connectivity index (χ3v) is 5.29. The summed E-state index contributed by atoms with van der Waals surface area (Å²) in [6, 6.07) is 0. The lowest BCUT2D eigenvalue weighted by Gasteiger charge is -2.24. The molecule has 0 radical (unpaired) electrons. The Morgan fingerprint density at radius 3 is 2.75 bits per heavy atom. The first-order valence-electron chi connectivity index (χ1n) is 8.76. The fraction of sp³-hybridized carbons (Fsp3) is 0.650. The Labute approximate surface area is 144 Å². The van der Waals surface area contributed by atoms with Crippen LogP contribution in [-0.4, -0.2) is 39.9 Å². The molecule has 1 heterocycles. The van der Waals surface area contributed by atoms with Crippen molar-refractivity contribution in [2.24, 2.45) is 0 Å². The van der Waals surface area contributed by atoms with Crippen LogP contribution in [0.2, 0.25) is 0 Å². The normalized spacial score (nSPS) is 38.3. The van der Waals surface area contributed by atoms with Crippen LogP contribution in [0.3, 0.4) is 0 Å². The van der Waals surface area contributed by atoms with E-state index in [1.165, 1.54) is 5.57 Å². The molecule has 0 aromatic carbocycles. The molecule has 4 nitrogen and oxygen atoms in total. The molecule has 1 aliphatic carbocycles. The Morgan fingerprint density at radius 2 is 2.08 bits per heavy atom. The minimum absolute atomic E-state index is 0.0171. The summed E-state index contributed by atoms with van der Waals surface area (Å²) < 4.78 is 5.85. The molecule has 134 valence electrons. The van der Waals surface area contributed by atoms with E-state index in [0.29, 0.717) is 11.1 Å². The van der Waals surface area contributed by atoms with E-state index in [9.17, 15) is 15.0 Å². The minimum Gasteiger partial charge on any atom is -0.393 e. The molecule has 1 fully saturated rings. The zero-order chi connectivity index (χ0) is 18.0. The van der Waals surface area contributed by atoms with Crippen LogP contribution >= 0.6 is 0 Å². The average molecular weight is 334 g/mol. The van der Waals surface area contributed by atoms with Crippen LogP contribution in [0, 0.1) is 0 Å². The Balaban J connectivity index is 2.27. The molecule has 1 aliphatic heterocycles. The second-order valence-corrected chi connectivity index (χ2v) is 7.62. The lowest BCUT2D eigenvalue weighted by molar-refractivity contribution is -0.115. The third-order valence-electron chi connectivity index (χ3n) is 5.29. The molecule has 2 aliphatic rings. The van der Waals surface area contributed by atoms with Crippen molar-refractivity contribution in [3.63, 3.8) is 0 Å². The molecule has 0 saturated carbocycles. The minimum atomic E-state index is -1.39. The standard InChI is InChI=1S/C20H30O4/c1-14-7-9-16(19(3,23)13-21)12-17(22)15(2)6-5-11-20(4)18(24-20)10-8-14/h6-7,9,18,21,23H,5,8,10-13H2,1-4H3/b14-7+,15-6+,16-9+. The van der Waals surface area contributed by atoms with Crippen molar-refractivity contribution >= 4 is 5.78 Å². The predicted molar refractivity (Wildman–Crippen MR) is 94.7 cm³/mol. The summed E-state index contributed by atoms with van der Waals surface area (Å²) in [5.41, 5.74) is 0.990. The molecular formula is C20H30O4. The van der Waals surface area contributed by atoms with E-state index in [2.05, 4.69) is 6.92 Å². The van der Waals surface area contributed by atoms with E-state index in [4.69, 9.17) is 4.74 Å². The second-order valence-electron chi connectivity index (χ2n) is 7.62. The molecule has 4 heteroatoms. The van der Waals surface area contributed by atoms with Gasteiger partial charge in [0.1, 0.15) is 5.60 Å². The van der Waals surface area contributed by atoms with Gasteiger partial charge in [0, 0.05) is 6.42 Å². The molecule has 0 aromatic rings. The zero-order valence-corrected chi connectivity index (χ0v) is 15.3. The number of hydrogen-bond donors (Lipinski definition) is 2. The van der Waals surface area contributed by atoms with Gasteiger partial charge in [0.2, 0.25) is 0 Å². The van der Waals surface area contributed by atoms with Gasteiger partial charge in [-0.1, -0.05) is 23.8 Å². The fourth-order valence-corrected chi connectivity index (χ4v) is 3.09. The van der Waals surface area contributed by atoms with Crippen molar-refractivity contribution in [3.8, 4) is 0 Å². The number of fused-ring (bicyclic) bond motifs is 1. The van der Waals surface area contributed by atoms with Crippen LogP contribution in [-0.2, 0) is 9.53 Å². The Kier molecular flexibility index (Phi) is 5.84. The van der Waals surface area contributed by atoms with E-state index >= 15 is 0 Å². The van der Waals surface area contributed by atoms with Gasteiger partial charge in [-0.2, -0.15) is 0 Å². The van der Waals surface area contributed by atoms with Crippen molar-refractivity contribution in [1.29, 1.82) is 0 Å². The molecule has 0 amide bonds. The first kappa shape index (κ1) is 19.1. The summed E-state index contributed by atoms with van der Waals surface area (Å²) in [7, 11) is 0. The SMILES string of the molecule is C/C1=C\C=C(\C(C)(O)CO)CC(=O)/C(C)=C/CCC2(C)OC2CC1. The number of aliphatic hydroxyl groups is 2. The van der Waals surface area contributed by atoms with Crippen LogP contribution in [0.4, 0.5) is 0 Å². The number of carbonyl (C=O) groups excluding carboxylic acids is 1. The van der Waals surface area contributed by atoms with Gasteiger partial charge in [-0.3, -0.25) is 4.79 Å². The van der Waals surface area contributed by atoms with Crippen LogP contribution in [0.1, 0.15) is 59.8 Å². The number of carbonyl (C=O) groups is 1. The average Bonchev–Trinajstić information content (AvgIpc) is 3.18. The van der Waals surface area contributed by atoms with Crippen molar-refractivity contribution in [3.05, 3.63) is 34.9 Å². The molecule has 3 atom stereocenters. The first-order chi connectivity index (χ1) is 11.2. The third kappa shape index (κ3) is 4.65. The van der Waals surface area contributed by atoms with E-state index < -0.39 is 12.2 Å². The van der Waals surface area contributed by atoms with Crippen LogP contribution < -0.4 is 0 Å². The lowest BCUT2D eigenvalue weighted by Crippen LogP contribution is -2.32. The molecule has 3 unspecified atom stereocenters. The summed E-state index contributed by atoms with van der Waals surface area (Å²) in [4.78, 5) is 12.5. The van der Waals surface area contributed by atoms with Crippen molar-refractivity contribution in [2.75, 3.05) is 6.61 Å². The summed E-state index contributed by atoms with van der Waals surface area (Å²) in [6.07, 6.45) is 9.75. The Hall–Kier alpha value is -1.23. The molecule has 0 aromatic heterocycles. The number of aliphatic hydroxyl groups excluding tert-OH is 1. The quantitative estimate of drug-likeness (QED) is 0.761. The number of Topliss-reactive ketones (excluding diaryl/α,β-unsaturated/α-hetero) is 1. The number of ketones is 1. The highest BCUT2D eigenvalue weighted by Gasteiger charge is 2.50. The molecule has 2 rings (SSSR count). The molecule has 0 spiro atoms. The van der Waals surface area contributed by atoms with E-state index in [-0.39, 0.29) is 23.9 Å². The second kappa shape index (κ2) is 7.34. The van der Waals surface area contributed by atoms with Gasteiger partial charge in [0.25, 0.3) is 0 Å².